The maximum atomic E-state index is 10.5. The number of rotatable bonds is 2. The van der Waals surface area contributed by atoms with Crippen LogP contribution < -0.4 is 5.32 Å². The van der Waals surface area contributed by atoms with Crippen molar-refractivity contribution in [1.82, 2.24) is 5.32 Å². The van der Waals surface area contributed by atoms with E-state index in [9.17, 15) is 4.79 Å². The average molecular weight is 268 g/mol. The summed E-state index contributed by atoms with van der Waals surface area (Å²) in [6, 6.07) is 6.53. The lowest BCUT2D eigenvalue weighted by molar-refractivity contribution is -0.110. The zero-order valence-corrected chi connectivity index (χ0v) is 10.1. The summed E-state index contributed by atoms with van der Waals surface area (Å²) in [6.45, 7) is 0. The van der Waals surface area contributed by atoms with Gasteiger partial charge in [-0.05, 0) is 42.5 Å². The molecular weight excluding hydrogens is 254 g/mol. The minimum Gasteiger partial charge on any atom is -0.352 e. The molecule has 1 aliphatic carbocycles. The van der Waals surface area contributed by atoms with Crippen LogP contribution in [0.4, 0.5) is 0 Å². The molecule has 1 aliphatic rings. The lowest BCUT2D eigenvalue weighted by Crippen LogP contribution is -2.19. The summed E-state index contributed by atoms with van der Waals surface area (Å²) in [5, 5.41) is 2.90. The average Bonchev–Trinajstić information content (AvgIpc) is 2.41. The molecule has 2 rings (SSSR count). The molecule has 0 saturated heterocycles. The Morgan fingerprint density at radius 2 is 2.27 bits per heavy atom. The number of carbonyl (C=O) groups excluding carboxylic acids is 1. The minimum atomic E-state index is 0.202. The lowest BCUT2D eigenvalue weighted by atomic mass is 9.99. The Bertz CT molecular complexity index is 365. The van der Waals surface area contributed by atoms with Crippen molar-refractivity contribution in [2.75, 3.05) is 0 Å². The monoisotopic (exact) mass is 267 g/mol. The van der Waals surface area contributed by atoms with Crippen LogP contribution in [0.3, 0.4) is 0 Å². The second-order valence-corrected chi connectivity index (χ2v) is 4.84. The second kappa shape index (κ2) is 4.79. The summed E-state index contributed by atoms with van der Waals surface area (Å²) >= 11 is 3.48. The van der Waals surface area contributed by atoms with Crippen LogP contribution in [0.2, 0.25) is 0 Å². The standard InChI is InChI=1S/C12H14BrNO/c13-10-5-6-11-9(7-10)3-1-2-4-12(11)14-8-15/h5-8,12H,1-4H2,(H,14,15). The summed E-state index contributed by atoms with van der Waals surface area (Å²) in [7, 11) is 0. The molecule has 3 heteroatoms. The number of halogens is 1. The van der Waals surface area contributed by atoms with Crippen molar-refractivity contribution in [3.8, 4) is 0 Å². The first kappa shape index (κ1) is 10.7. The van der Waals surface area contributed by atoms with Gasteiger partial charge in [0.05, 0.1) is 6.04 Å². The number of benzene rings is 1. The molecule has 0 fully saturated rings. The Kier molecular flexibility index (Phi) is 3.41. The molecular formula is C12H14BrNO. The van der Waals surface area contributed by atoms with Gasteiger partial charge in [0.15, 0.2) is 0 Å². The topological polar surface area (TPSA) is 29.1 Å². The van der Waals surface area contributed by atoms with Crippen molar-refractivity contribution < 1.29 is 4.79 Å². The molecule has 80 valence electrons. The number of aryl methyl sites for hydroxylation is 1. The third-order valence-electron chi connectivity index (χ3n) is 2.94. The molecule has 1 unspecified atom stereocenters. The second-order valence-electron chi connectivity index (χ2n) is 3.93. The molecule has 0 aliphatic heterocycles. The van der Waals surface area contributed by atoms with Crippen LogP contribution in [0.25, 0.3) is 0 Å². The molecule has 1 atom stereocenters. The van der Waals surface area contributed by atoms with Crippen molar-refractivity contribution in [1.29, 1.82) is 0 Å². The van der Waals surface area contributed by atoms with Crippen molar-refractivity contribution in [3.05, 3.63) is 33.8 Å². The molecule has 2 nitrogen and oxygen atoms in total. The van der Waals surface area contributed by atoms with Gasteiger partial charge in [0.2, 0.25) is 6.41 Å². The smallest absolute Gasteiger partial charge is 0.207 e. The Balaban J connectivity index is 2.35. The van der Waals surface area contributed by atoms with Gasteiger partial charge in [0.1, 0.15) is 0 Å². The number of nitrogens with one attached hydrogen (secondary N) is 1. The van der Waals surface area contributed by atoms with Crippen LogP contribution >= 0.6 is 15.9 Å². The number of amides is 1. The van der Waals surface area contributed by atoms with E-state index < -0.39 is 0 Å². The highest BCUT2D eigenvalue weighted by atomic mass is 79.9. The van der Waals surface area contributed by atoms with Gasteiger partial charge in [-0.25, -0.2) is 0 Å². The van der Waals surface area contributed by atoms with Gasteiger partial charge in [-0.3, -0.25) is 4.79 Å². The zero-order valence-electron chi connectivity index (χ0n) is 8.50. The van der Waals surface area contributed by atoms with Crippen molar-refractivity contribution in [2.45, 2.75) is 31.7 Å². The Labute approximate surface area is 98.2 Å². The molecule has 0 spiro atoms. The molecule has 1 N–H and O–H groups in total. The first-order chi connectivity index (χ1) is 7.31. The number of carbonyl (C=O) groups is 1. The zero-order chi connectivity index (χ0) is 10.7. The van der Waals surface area contributed by atoms with Gasteiger partial charge in [0, 0.05) is 4.47 Å². The minimum absolute atomic E-state index is 0.202. The summed E-state index contributed by atoms with van der Waals surface area (Å²) in [6.07, 6.45) is 5.36. The molecule has 15 heavy (non-hydrogen) atoms. The van der Waals surface area contributed by atoms with E-state index in [4.69, 9.17) is 0 Å². The van der Waals surface area contributed by atoms with Gasteiger partial charge in [0.25, 0.3) is 0 Å². The maximum Gasteiger partial charge on any atom is 0.207 e. The van der Waals surface area contributed by atoms with Crippen LogP contribution in [0.1, 0.15) is 36.4 Å². The SMILES string of the molecule is O=CNC1CCCCc2cc(Br)ccc21. The van der Waals surface area contributed by atoms with E-state index in [1.165, 1.54) is 24.0 Å². The van der Waals surface area contributed by atoms with E-state index in [1.54, 1.807) is 0 Å². The molecule has 0 heterocycles. The Hall–Kier alpha value is -0.830. The van der Waals surface area contributed by atoms with Gasteiger partial charge in [-0.1, -0.05) is 28.4 Å². The van der Waals surface area contributed by atoms with E-state index in [0.717, 1.165) is 23.7 Å². The quantitative estimate of drug-likeness (QED) is 0.648. The van der Waals surface area contributed by atoms with Crippen LogP contribution in [0, 0.1) is 0 Å². The highest BCUT2D eigenvalue weighted by Gasteiger charge is 2.17. The molecule has 0 aromatic heterocycles. The third-order valence-corrected chi connectivity index (χ3v) is 3.43. The first-order valence-corrected chi connectivity index (χ1v) is 6.08. The van der Waals surface area contributed by atoms with Crippen molar-refractivity contribution >= 4 is 22.3 Å². The predicted octanol–water partition coefficient (Wildman–Crippen LogP) is 2.96. The predicted molar refractivity (Wildman–Crippen MR) is 63.6 cm³/mol. The van der Waals surface area contributed by atoms with Gasteiger partial charge in [-0.2, -0.15) is 0 Å². The molecule has 0 bridgehead atoms. The summed E-state index contributed by atoms with van der Waals surface area (Å²) < 4.78 is 1.12. The van der Waals surface area contributed by atoms with E-state index in [0.29, 0.717) is 0 Å². The third kappa shape index (κ3) is 2.40. The molecule has 0 radical (unpaired) electrons. The summed E-state index contributed by atoms with van der Waals surface area (Å²) in [4.78, 5) is 10.5. The van der Waals surface area contributed by atoms with Crippen molar-refractivity contribution in [2.24, 2.45) is 0 Å². The van der Waals surface area contributed by atoms with Crippen LogP contribution in [0.5, 0.6) is 0 Å². The summed E-state index contributed by atoms with van der Waals surface area (Å²) in [5.74, 6) is 0. The highest BCUT2D eigenvalue weighted by Crippen LogP contribution is 2.30. The molecule has 0 saturated carbocycles. The summed E-state index contributed by atoms with van der Waals surface area (Å²) in [5.41, 5.74) is 2.64. The van der Waals surface area contributed by atoms with Crippen molar-refractivity contribution in [3.63, 3.8) is 0 Å². The molecule has 1 amide bonds. The lowest BCUT2D eigenvalue weighted by Gasteiger charge is -2.16. The number of hydrogen-bond donors (Lipinski definition) is 1. The maximum absolute atomic E-state index is 10.5. The van der Waals surface area contributed by atoms with Gasteiger partial charge < -0.3 is 5.32 Å². The van der Waals surface area contributed by atoms with Crippen LogP contribution in [-0.4, -0.2) is 6.41 Å². The number of hydrogen-bond acceptors (Lipinski definition) is 1. The van der Waals surface area contributed by atoms with E-state index in [2.05, 4.69) is 33.4 Å². The first-order valence-electron chi connectivity index (χ1n) is 5.29. The Morgan fingerprint density at radius 1 is 1.40 bits per heavy atom. The van der Waals surface area contributed by atoms with Gasteiger partial charge in [-0.15, -0.1) is 0 Å². The number of fused-ring (bicyclic) bond motifs is 1. The van der Waals surface area contributed by atoms with E-state index in [-0.39, 0.29) is 6.04 Å². The molecule has 1 aromatic carbocycles. The van der Waals surface area contributed by atoms with E-state index in [1.807, 2.05) is 6.07 Å². The fourth-order valence-electron chi connectivity index (χ4n) is 2.21. The van der Waals surface area contributed by atoms with Crippen LogP contribution in [0.15, 0.2) is 22.7 Å². The fraction of sp³-hybridized carbons (Fsp3) is 0.417. The molecule has 1 aromatic rings. The normalized spacial score (nSPS) is 20.2. The fourth-order valence-corrected chi connectivity index (χ4v) is 2.61. The van der Waals surface area contributed by atoms with Crippen LogP contribution in [-0.2, 0) is 11.2 Å². The largest absolute Gasteiger partial charge is 0.352 e. The van der Waals surface area contributed by atoms with E-state index >= 15 is 0 Å². The highest BCUT2D eigenvalue weighted by molar-refractivity contribution is 9.10. The van der Waals surface area contributed by atoms with Gasteiger partial charge >= 0.3 is 0 Å². The Morgan fingerprint density at radius 3 is 3.07 bits per heavy atom.